The molecule has 3 heteroatoms. The molecule has 0 aromatic rings. The Balaban J connectivity index is 2.32. The van der Waals surface area contributed by atoms with E-state index in [9.17, 15) is 4.20 Å². The second-order valence-corrected chi connectivity index (χ2v) is 5.19. The van der Waals surface area contributed by atoms with Crippen molar-refractivity contribution in [3.63, 3.8) is 0 Å². The second-order valence-electron chi connectivity index (χ2n) is 0.402. The molecule has 0 aromatic heterocycles. The topological polar surface area (TPSA) is 0 Å². The van der Waals surface area contributed by atoms with Crippen molar-refractivity contribution in [2.75, 3.05) is 6.66 Å². The molecule has 0 aromatic carbocycles. The molecular weight excluding hydrogens is 189 g/mol. The minimum atomic E-state index is -1.15. The van der Waals surface area contributed by atoms with Crippen LogP contribution >= 0.6 is 27.9 Å². The first-order valence-electron chi connectivity index (χ1n) is 0.785. The summed E-state index contributed by atoms with van der Waals surface area (Å²) in [7, 11) is 0. The van der Waals surface area contributed by atoms with Gasteiger partial charge >= 0.3 is 0 Å². The standard InChI is InChI=1S/CH3FIP/c1-4(2)3/h1H3. The molecule has 0 aliphatic heterocycles. The van der Waals surface area contributed by atoms with Gasteiger partial charge in [-0.05, 0) is 28.7 Å². The van der Waals surface area contributed by atoms with Gasteiger partial charge in [0.05, 0.1) is 0 Å². The van der Waals surface area contributed by atoms with Gasteiger partial charge in [-0.2, -0.15) is 0 Å². The summed E-state index contributed by atoms with van der Waals surface area (Å²) in [6.45, 7) is 1.55. The monoisotopic (exact) mass is 192 g/mol. The first-order chi connectivity index (χ1) is 1.73. The van der Waals surface area contributed by atoms with Crippen LogP contribution in [-0.4, -0.2) is 6.66 Å². The predicted octanol–water partition coefficient (Wildman–Crippen LogP) is 2.33. The third-order valence-corrected chi connectivity index (χ3v) is 0. The van der Waals surface area contributed by atoms with Crippen LogP contribution in [0.2, 0.25) is 0 Å². The highest BCUT2D eigenvalue weighted by molar-refractivity contribution is 14.2. The van der Waals surface area contributed by atoms with Crippen molar-refractivity contribution < 1.29 is 4.20 Å². The number of hydrogen-bond acceptors (Lipinski definition) is 0. The fourth-order valence-corrected chi connectivity index (χ4v) is 0. The maximum Gasteiger partial charge on any atom is 0.142 e. The van der Waals surface area contributed by atoms with Crippen molar-refractivity contribution in [1.82, 2.24) is 0 Å². The molecule has 0 aliphatic rings. The van der Waals surface area contributed by atoms with Crippen LogP contribution in [0.25, 0.3) is 0 Å². The molecule has 0 spiro atoms. The third-order valence-electron chi connectivity index (χ3n) is 0. The van der Waals surface area contributed by atoms with Crippen LogP contribution in [0.15, 0.2) is 0 Å². The van der Waals surface area contributed by atoms with Gasteiger partial charge in [0, 0.05) is 0 Å². The third kappa shape index (κ3) is 11.4. The number of hydrogen-bond donors (Lipinski definition) is 0. The zero-order chi connectivity index (χ0) is 3.58. The fourth-order valence-electron chi connectivity index (χ4n) is 0. The molecule has 0 aliphatic carbocycles. The summed E-state index contributed by atoms with van der Waals surface area (Å²) in [5.41, 5.74) is 0. The first kappa shape index (κ1) is 5.09. The van der Waals surface area contributed by atoms with Crippen molar-refractivity contribution in [1.29, 1.82) is 0 Å². The molecule has 1 atom stereocenters. The van der Waals surface area contributed by atoms with Crippen molar-refractivity contribution in [3.05, 3.63) is 0 Å². The first-order valence-corrected chi connectivity index (χ1v) is 5.25. The molecule has 0 fully saturated rings. The smallest absolute Gasteiger partial charge is 0.142 e. The molecule has 0 amide bonds. The second kappa shape index (κ2) is 2.33. The summed E-state index contributed by atoms with van der Waals surface area (Å²) in [5, 5.41) is 0. The van der Waals surface area contributed by atoms with Gasteiger partial charge in [0.15, 0.2) is 0 Å². The van der Waals surface area contributed by atoms with Crippen molar-refractivity contribution >= 4 is 27.9 Å². The molecule has 0 heterocycles. The highest BCUT2D eigenvalue weighted by atomic mass is 127. The summed E-state index contributed by atoms with van der Waals surface area (Å²) in [4.78, 5) is 0. The van der Waals surface area contributed by atoms with Gasteiger partial charge in [-0.15, -0.1) is 0 Å². The largest absolute Gasteiger partial charge is 0.216 e. The van der Waals surface area contributed by atoms with Gasteiger partial charge in [0.2, 0.25) is 0 Å². The predicted molar refractivity (Wildman–Crippen MR) is 28.0 cm³/mol. The Bertz CT molecular complexity index is 12.8. The number of rotatable bonds is 0. The Hall–Kier alpha value is 1.09. The van der Waals surface area contributed by atoms with E-state index in [1.165, 1.54) is 0 Å². The van der Waals surface area contributed by atoms with Crippen molar-refractivity contribution in [2.24, 2.45) is 0 Å². The maximum absolute atomic E-state index is 11.1. The lowest BCUT2D eigenvalue weighted by Crippen LogP contribution is -1.21. The van der Waals surface area contributed by atoms with Gasteiger partial charge in [-0.25, -0.2) is 4.20 Å². The molecule has 0 nitrogen and oxygen atoms in total. The van der Waals surface area contributed by atoms with E-state index in [1.807, 2.05) is 0 Å². The lowest BCUT2D eigenvalue weighted by Gasteiger charge is -1.71. The van der Waals surface area contributed by atoms with E-state index >= 15 is 0 Å². The summed E-state index contributed by atoms with van der Waals surface area (Å²) in [5.74, 6) is -1.15. The van der Waals surface area contributed by atoms with Gasteiger partial charge < -0.3 is 0 Å². The summed E-state index contributed by atoms with van der Waals surface area (Å²) in [6, 6.07) is 0. The van der Waals surface area contributed by atoms with Crippen molar-refractivity contribution in [3.8, 4) is 0 Å². The molecule has 0 N–H and O–H groups in total. The van der Waals surface area contributed by atoms with E-state index in [2.05, 4.69) is 0 Å². The molecule has 0 saturated heterocycles. The molecule has 4 heavy (non-hydrogen) atoms. The van der Waals surface area contributed by atoms with Crippen LogP contribution in [0, 0.1) is 0 Å². The van der Waals surface area contributed by atoms with Crippen LogP contribution in [0.3, 0.4) is 0 Å². The summed E-state index contributed by atoms with van der Waals surface area (Å²) >= 11 is 1.74. The van der Waals surface area contributed by atoms with E-state index in [4.69, 9.17) is 0 Å². The highest BCUT2D eigenvalue weighted by Gasteiger charge is 1.77. The Morgan fingerprint density at radius 1 is 2.00 bits per heavy atom. The lowest BCUT2D eigenvalue weighted by atomic mass is 12.0. The zero-order valence-corrected chi connectivity index (χ0v) is 5.26. The van der Waals surface area contributed by atoms with Crippen molar-refractivity contribution in [2.45, 2.75) is 0 Å². The molecular formula is CH3FIP. The Morgan fingerprint density at radius 2 is 2.00 bits per heavy atom. The average molecular weight is 192 g/mol. The Labute approximate surface area is 39.1 Å². The van der Waals surface area contributed by atoms with Crippen LogP contribution in [-0.2, 0) is 0 Å². The van der Waals surface area contributed by atoms with E-state index < -0.39 is 5.87 Å². The average Bonchev–Trinajstić information content (AvgIpc) is 0.811. The molecule has 0 bridgehead atoms. The fraction of sp³-hybridized carbons (Fsp3) is 1.00. The molecule has 0 rings (SSSR count). The quantitative estimate of drug-likeness (QED) is 0.408. The van der Waals surface area contributed by atoms with Gasteiger partial charge in [0.25, 0.3) is 0 Å². The molecule has 26 valence electrons. The highest BCUT2D eigenvalue weighted by Crippen LogP contribution is 2.41. The van der Waals surface area contributed by atoms with Gasteiger partial charge in [0.1, 0.15) is 5.87 Å². The summed E-state index contributed by atoms with van der Waals surface area (Å²) in [6.07, 6.45) is 0. The number of halogens is 2. The van der Waals surface area contributed by atoms with Crippen LogP contribution in [0.1, 0.15) is 0 Å². The van der Waals surface area contributed by atoms with E-state index in [0.717, 1.165) is 0 Å². The molecule has 0 saturated carbocycles. The van der Waals surface area contributed by atoms with Crippen LogP contribution < -0.4 is 0 Å². The van der Waals surface area contributed by atoms with E-state index in [-0.39, 0.29) is 0 Å². The van der Waals surface area contributed by atoms with Gasteiger partial charge in [-0.1, -0.05) is 0 Å². The molecule has 1 unspecified atom stereocenters. The van der Waals surface area contributed by atoms with E-state index in [0.29, 0.717) is 0 Å². The van der Waals surface area contributed by atoms with Crippen LogP contribution in [0.4, 0.5) is 4.20 Å². The Morgan fingerprint density at radius 3 is 2.00 bits per heavy atom. The van der Waals surface area contributed by atoms with E-state index in [1.54, 1.807) is 28.7 Å². The maximum atomic E-state index is 11.1. The van der Waals surface area contributed by atoms with Gasteiger partial charge in [-0.3, -0.25) is 0 Å². The zero-order valence-electron chi connectivity index (χ0n) is 2.20. The minimum Gasteiger partial charge on any atom is -0.216 e. The summed E-state index contributed by atoms with van der Waals surface area (Å²) < 4.78 is 11.1. The minimum absolute atomic E-state index is 1.15. The van der Waals surface area contributed by atoms with Crippen LogP contribution in [0.5, 0.6) is 0 Å². The molecule has 0 radical (unpaired) electrons. The lowest BCUT2D eigenvalue weighted by molar-refractivity contribution is 0.922. The Kier molecular flexibility index (Phi) is 2.97. The SMILES string of the molecule is CP(F)I. The normalized spacial score (nSPS) is 15.8.